The number of piperidine rings is 2. The summed E-state index contributed by atoms with van der Waals surface area (Å²) in [5.41, 5.74) is -0.582. The third kappa shape index (κ3) is 3.28. The zero-order chi connectivity index (χ0) is 20.6. The van der Waals surface area contributed by atoms with Crippen molar-refractivity contribution < 1.29 is 18.0 Å². The number of hydrogen-bond acceptors (Lipinski definition) is 5. The molecule has 0 aromatic carbocycles. The molecule has 5 aliphatic heterocycles. The highest BCUT2D eigenvalue weighted by Gasteiger charge is 2.57. The van der Waals surface area contributed by atoms with Gasteiger partial charge in [0.15, 0.2) is 0 Å². The summed E-state index contributed by atoms with van der Waals surface area (Å²) in [6.45, 7) is 6.27. The van der Waals surface area contributed by atoms with E-state index in [2.05, 4.69) is 26.2 Å². The van der Waals surface area contributed by atoms with Crippen molar-refractivity contribution in [2.75, 3.05) is 19.6 Å². The van der Waals surface area contributed by atoms with Crippen LogP contribution in [-0.4, -0.2) is 67.1 Å². The second-order valence-electron chi connectivity index (χ2n) is 10.3. The normalized spacial score (nSPS) is 47.3. The first-order valence-corrected chi connectivity index (χ1v) is 11.0. The Bertz CT molecular complexity index is 671. The molecule has 5 aliphatic rings. The van der Waals surface area contributed by atoms with Gasteiger partial charge >= 0.3 is 6.18 Å². The van der Waals surface area contributed by atoms with Crippen molar-refractivity contribution in [3.8, 4) is 0 Å². The van der Waals surface area contributed by atoms with Gasteiger partial charge in [0, 0.05) is 42.5 Å². The van der Waals surface area contributed by atoms with Gasteiger partial charge in [0.25, 0.3) is 0 Å². The first-order chi connectivity index (χ1) is 13.6. The SMILES string of the molecule is CC1(C)C(=O)NC2NCCC(C3CC(C(F)(F)F)CC(N4CC5CC4CN5)N3)C21. The first-order valence-electron chi connectivity index (χ1n) is 11.0. The lowest BCUT2D eigenvalue weighted by atomic mass is 9.65. The van der Waals surface area contributed by atoms with Gasteiger partial charge in [-0.1, -0.05) is 13.8 Å². The zero-order valence-electron chi connectivity index (χ0n) is 17.1. The van der Waals surface area contributed by atoms with Crippen molar-refractivity contribution in [2.24, 2.45) is 23.2 Å². The van der Waals surface area contributed by atoms with E-state index in [0.29, 0.717) is 12.1 Å². The lowest BCUT2D eigenvalue weighted by Gasteiger charge is -2.50. The number of piperazine rings is 1. The lowest BCUT2D eigenvalue weighted by molar-refractivity contribution is -0.194. The largest absolute Gasteiger partial charge is 0.391 e. The van der Waals surface area contributed by atoms with Crippen LogP contribution in [0.1, 0.15) is 39.5 Å². The Hall–Kier alpha value is -0.900. The Morgan fingerprint density at radius 1 is 1.14 bits per heavy atom. The van der Waals surface area contributed by atoms with E-state index in [1.54, 1.807) is 0 Å². The average molecular weight is 416 g/mol. The fourth-order valence-corrected chi connectivity index (χ4v) is 6.81. The van der Waals surface area contributed by atoms with Gasteiger partial charge in [-0.25, -0.2) is 0 Å². The summed E-state index contributed by atoms with van der Waals surface area (Å²) in [5, 5.41) is 13.5. The third-order valence-corrected chi connectivity index (χ3v) is 8.30. The quantitative estimate of drug-likeness (QED) is 0.542. The third-order valence-electron chi connectivity index (χ3n) is 8.30. The second-order valence-corrected chi connectivity index (χ2v) is 10.3. The summed E-state index contributed by atoms with van der Waals surface area (Å²) < 4.78 is 41.6. The van der Waals surface area contributed by atoms with Crippen LogP contribution in [0.3, 0.4) is 0 Å². The van der Waals surface area contributed by atoms with Crippen LogP contribution in [0.25, 0.3) is 0 Å². The Balaban J connectivity index is 1.41. The molecule has 5 heterocycles. The van der Waals surface area contributed by atoms with Crippen LogP contribution in [0.15, 0.2) is 0 Å². The number of halogens is 3. The summed E-state index contributed by atoms with van der Waals surface area (Å²) in [6.07, 6.45) is -2.50. The van der Waals surface area contributed by atoms with Gasteiger partial charge in [0.2, 0.25) is 5.91 Å². The van der Waals surface area contributed by atoms with E-state index >= 15 is 0 Å². The standard InChI is InChI=1S/C20H32F3N5O/c1-19(2)16-13(3-4-24-17(16)27-18(19)29)14-5-10(20(21,22)23)6-15(26-14)28-9-11-7-12(28)8-25-11/h10-17,24-26H,3-9H2,1-2H3,(H,27,29). The van der Waals surface area contributed by atoms with Gasteiger partial charge in [-0.3, -0.25) is 20.3 Å². The molecule has 4 N–H and O–H groups in total. The van der Waals surface area contributed by atoms with Crippen LogP contribution >= 0.6 is 0 Å². The molecule has 0 aromatic heterocycles. The maximum atomic E-state index is 13.9. The molecule has 1 amide bonds. The molecule has 6 nitrogen and oxygen atoms in total. The highest BCUT2D eigenvalue weighted by Crippen LogP contribution is 2.47. The summed E-state index contributed by atoms with van der Waals surface area (Å²) in [7, 11) is 0. The van der Waals surface area contributed by atoms with Crippen LogP contribution in [-0.2, 0) is 4.79 Å². The first kappa shape index (κ1) is 20.0. The number of alkyl halides is 3. The number of hydrogen-bond donors (Lipinski definition) is 4. The molecule has 0 spiro atoms. The molecule has 8 unspecified atom stereocenters. The number of amides is 1. The number of fused-ring (bicyclic) bond motifs is 3. The van der Waals surface area contributed by atoms with E-state index in [-0.39, 0.29) is 49.0 Å². The van der Waals surface area contributed by atoms with Crippen molar-refractivity contribution in [1.82, 2.24) is 26.2 Å². The van der Waals surface area contributed by atoms with E-state index < -0.39 is 17.5 Å². The molecule has 0 radical (unpaired) electrons. The van der Waals surface area contributed by atoms with Gasteiger partial charge in [-0.05, 0) is 38.1 Å². The van der Waals surface area contributed by atoms with Gasteiger partial charge in [-0.15, -0.1) is 0 Å². The van der Waals surface area contributed by atoms with Gasteiger partial charge in [0.05, 0.1) is 18.2 Å². The molecule has 0 aromatic rings. The van der Waals surface area contributed by atoms with E-state index in [0.717, 1.165) is 32.5 Å². The van der Waals surface area contributed by atoms with E-state index in [4.69, 9.17) is 0 Å². The Kier molecular flexibility index (Phi) is 4.70. The van der Waals surface area contributed by atoms with E-state index in [1.165, 1.54) is 0 Å². The minimum Gasteiger partial charge on any atom is -0.340 e. The number of rotatable bonds is 2. The predicted molar refractivity (Wildman–Crippen MR) is 102 cm³/mol. The molecule has 0 aliphatic carbocycles. The van der Waals surface area contributed by atoms with Crippen LogP contribution in [0.2, 0.25) is 0 Å². The minimum absolute atomic E-state index is 0.00504. The molecule has 29 heavy (non-hydrogen) atoms. The number of carbonyl (C=O) groups is 1. The van der Waals surface area contributed by atoms with E-state index in [9.17, 15) is 18.0 Å². The van der Waals surface area contributed by atoms with Crippen molar-refractivity contribution in [2.45, 2.75) is 76.2 Å². The van der Waals surface area contributed by atoms with Crippen LogP contribution in [0.5, 0.6) is 0 Å². The fraction of sp³-hybridized carbons (Fsp3) is 0.950. The van der Waals surface area contributed by atoms with Crippen LogP contribution in [0.4, 0.5) is 13.2 Å². The second kappa shape index (κ2) is 6.80. The molecule has 9 heteroatoms. The van der Waals surface area contributed by atoms with Gasteiger partial charge in [-0.2, -0.15) is 13.2 Å². The molecule has 0 saturated carbocycles. The summed E-state index contributed by atoms with van der Waals surface area (Å²) in [6, 6.07) is 0.511. The van der Waals surface area contributed by atoms with Gasteiger partial charge < -0.3 is 10.6 Å². The summed E-state index contributed by atoms with van der Waals surface area (Å²) in [5.74, 6) is -1.26. The zero-order valence-corrected chi connectivity index (χ0v) is 17.1. The Morgan fingerprint density at radius 2 is 1.93 bits per heavy atom. The highest BCUT2D eigenvalue weighted by molar-refractivity contribution is 5.85. The molecule has 2 bridgehead atoms. The molecule has 164 valence electrons. The maximum absolute atomic E-state index is 13.9. The summed E-state index contributed by atoms with van der Waals surface area (Å²) in [4.78, 5) is 14.8. The van der Waals surface area contributed by atoms with Crippen molar-refractivity contribution in [1.29, 1.82) is 0 Å². The fourth-order valence-electron chi connectivity index (χ4n) is 6.81. The van der Waals surface area contributed by atoms with Crippen molar-refractivity contribution in [3.63, 3.8) is 0 Å². The topological polar surface area (TPSA) is 68.4 Å². The molecular weight excluding hydrogens is 383 g/mol. The predicted octanol–water partition coefficient (Wildman–Crippen LogP) is 0.997. The Labute approximate surface area is 169 Å². The van der Waals surface area contributed by atoms with Crippen molar-refractivity contribution in [3.05, 3.63) is 0 Å². The number of nitrogens with zero attached hydrogens (tertiary/aromatic N) is 1. The minimum atomic E-state index is -4.18. The molecular formula is C20H32F3N5O. The molecule has 5 fully saturated rings. The molecule has 8 atom stereocenters. The smallest absolute Gasteiger partial charge is 0.340 e. The van der Waals surface area contributed by atoms with Crippen molar-refractivity contribution >= 4 is 5.91 Å². The average Bonchev–Trinajstić information content (AvgIpc) is 3.35. The summed E-state index contributed by atoms with van der Waals surface area (Å²) >= 11 is 0. The van der Waals surface area contributed by atoms with Crippen LogP contribution in [0, 0.1) is 23.2 Å². The number of carbonyl (C=O) groups excluding carboxylic acids is 1. The molecule has 5 saturated heterocycles. The Morgan fingerprint density at radius 3 is 2.59 bits per heavy atom. The van der Waals surface area contributed by atoms with Gasteiger partial charge in [0.1, 0.15) is 0 Å². The van der Waals surface area contributed by atoms with E-state index in [1.807, 2.05) is 13.8 Å². The lowest BCUT2D eigenvalue weighted by Crippen LogP contribution is -2.64. The highest BCUT2D eigenvalue weighted by atomic mass is 19.4. The number of likely N-dealkylation sites (tertiary alicyclic amines) is 1. The number of nitrogens with one attached hydrogen (secondary N) is 4. The monoisotopic (exact) mass is 415 g/mol. The molecule has 5 rings (SSSR count). The maximum Gasteiger partial charge on any atom is 0.391 e. The van der Waals surface area contributed by atoms with Crippen LogP contribution < -0.4 is 21.3 Å².